The Morgan fingerprint density at radius 2 is 1.79 bits per heavy atom. The summed E-state index contributed by atoms with van der Waals surface area (Å²) in [6.07, 6.45) is 1.96. The maximum Gasteiger partial charge on any atom is 0.256 e. The molecule has 1 fully saturated rings. The van der Waals surface area contributed by atoms with Crippen molar-refractivity contribution in [2.24, 2.45) is 5.92 Å². The SMILES string of the molecule is O=C(N[C@@H]1CCSc2ccccc21)C1CCN(C(=O)c2ccc(F)cc2F)CC1. The summed E-state index contributed by atoms with van der Waals surface area (Å²) in [4.78, 5) is 28.1. The number of carbonyl (C=O) groups is 2. The molecule has 1 atom stereocenters. The molecule has 0 aromatic heterocycles. The van der Waals surface area contributed by atoms with Gasteiger partial charge in [0.1, 0.15) is 11.6 Å². The minimum Gasteiger partial charge on any atom is -0.349 e. The molecule has 1 saturated heterocycles. The van der Waals surface area contributed by atoms with Gasteiger partial charge in [-0.25, -0.2) is 8.78 Å². The van der Waals surface area contributed by atoms with Crippen LogP contribution in [0.5, 0.6) is 0 Å². The van der Waals surface area contributed by atoms with E-state index in [9.17, 15) is 18.4 Å². The van der Waals surface area contributed by atoms with Crippen molar-refractivity contribution in [1.82, 2.24) is 10.2 Å². The van der Waals surface area contributed by atoms with Gasteiger partial charge < -0.3 is 10.2 Å². The molecule has 0 saturated carbocycles. The fraction of sp³-hybridized carbons (Fsp3) is 0.364. The lowest BCUT2D eigenvalue weighted by Crippen LogP contribution is -2.44. The number of hydrogen-bond donors (Lipinski definition) is 1. The first kappa shape index (κ1) is 19.9. The highest BCUT2D eigenvalue weighted by molar-refractivity contribution is 7.99. The highest BCUT2D eigenvalue weighted by Crippen LogP contribution is 2.36. The normalized spacial score (nSPS) is 19.5. The number of fused-ring (bicyclic) bond motifs is 1. The van der Waals surface area contributed by atoms with E-state index in [-0.39, 0.29) is 23.4 Å². The van der Waals surface area contributed by atoms with Gasteiger partial charge in [-0.1, -0.05) is 18.2 Å². The molecule has 2 aromatic rings. The van der Waals surface area contributed by atoms with Crippen LogP contribution in [0.3, 0.4) is 0 Å². The zero-order valence-corrected chi connectivity index (χ0v) is 16.7. The molecular weight excluding hydrogens is 394 g/mol. The smallest absolute Gasteiger partial charge is 0.256 e. The highest BCUT2D eigenvalue weighted by Gasteiger charge is 2.31. The molecule has 2 aliphatic heterocycles. The lowest BCUT2D eigenvalue weighted by molar-refractivity contribution is -0.127. The Morgan fingerprint density at radius 1 is 1.03 bits per heavy atom. The lowest BCUT2D eigenvalue weighted by Gasteiger charge is -2.33. The number of carbonyl (C=O) groups excluding carboxylic acids is 2. The van der Waals surface area contributed by atoms with Gasteiger partial charge in [-0.3, -0.25) is 9.59 Å². The van der Waals surface area contributed by atoms with Gasteiger partial charge in [-0.15, -0.1) is 11.8 Å². The van der Waals surface area contributed by atoms with E-state index >= 15 is 0 Å². The van der Waals surface area contributed by atoms with Gasteiger partial charge in [-0.2, -0.15) is 0 Å². The van der Waals surface area contributed by atoms with Crippen LogP contribution in [-0.2, 0) is 4.79 Å². The van der Waals surface area contributed by atoms with Crippen molar-refractivity contribution in [1.29, 1.82) is 0 Å². The summed E-state index contributed by atoms with van der Waals surface area (Å²) in [5, 5.41) is 3.18. The number of nitrogens with one attached hydrogen (secondary N) is 1. The number of benzene rings is 2. The maximum absolute atomic E-state index is 13.9. The second-order valence-electron chi connectivity index (χ2n) is 7.43. The largest absolute Gasteiger partial charge is 0.349 e. The zero-order chi connectivity index (χ0) is 20.4. The van der Waals surface area contributed by atoms with Crippen molar-refractivity contribution in [2.45, 2.75) is 30.2 Å². The van der Waals surface area contributed by atoms with Gasteiger partial charge in [0.2, 0.25) is 5.91 Å². The number of thioether (sulfide) groups is 1. The summed E-state index contributed by atoms with van der Waals surface area (Å²) in [5.41, 5.74) is 1.03. The van der Waals surface area contributed by atoms with E-state index < -0.39 is 17.5 Å². The van der Waals surface area contributed by atoms with E-state index in [1.165, 1.54) is 15.9 Å². The van der Waals surface area contributed by atoms with Gasteiger partial charge in [0, 0.05) is 35.7 Å². The second kappa shape index (κ2) is 8.53. The predicted octanol–water partition coefficient (Wildman–Crippen LogP) is 4.17. The first-order valence-corrected chi connectivity index (χ1v) is 10.8. The molecular formula is C22H22F2N2O2S. The molecule has 2 amide bonds. The third-order valence-electron chi connectivity index (χ3n) is 5.59. The van der Waals surface area contributed by atoms with E-state index in [2.05, 4.69) is 17.4 Å². The fourth-order valence-electron chi connectivity index (χ4n) is 3.96. The number of likely N-dealkylation sites (tertiary alicyclic amines) is 1. The minimum atomic E-state index is -0.858. The Balaban J connectivity index is 1.35. The van der Waals surface area contributed by atoms with E-state index in [0.29, 0.717) is 32.0 Å². The van der Waals surface area contributed by atoms with Gasteiger partial charge in [-0.05, 0) is 43.0 Å². The summed E-state index contributed by atoms with van der Waals surface area (Å²) < 4.78 is 27.0. The van der Waals surface area contributed by atoms with Crippen LogP contribution < -0.4 is 5.32 Å². The molecule has 0 aliphatic carbocycles. The molecule has 2 aliphatic rings. The Bertz CT molecular complexity index is 929. The van der Waals surface area contributed by atoms with Crippen molar-refractivity contribution < 1.29 is 18.4 Å². The molecule has 1 N–H and O–H groups in total. The van der Waals surface area contributed by atoms with Crippen LogP contribution >= 0.6 is 11.8 Å². The standard InChI is InChI=1S/C22H22F2N2O2S/c23-15-5-6-16(18(24)13-15)22(28)26-10-7-14(8-11-26)21(27)25-19-9-12-29-20-4-2-1-3-17(19)20/h1-6,13-14,19H,7-12H2,(H,25,27)/t19-/m1/s1. The fourth-order valence-corrected chi connectivity index (χ4v) is 5.08. The summed E-state index contributed by atoms with van der Waals surface area (Å²) in [6.45, 7) is 0.760. The topological polar surface area (TPSA) is 49.4 Å². The first-order valence-electron chi connectivity index (χ1n) is 9.79. The van der Waals surface area contributed by atoms with Gasteiger partial charge in [0.15, 0.2) is 0 Å². The molecule has 0 spiro atoms. The van der Waals surface area contributed by atoms with Crippen molar-refractivity contribution in [2.75, 3.05) is 18.8 Å². The zero-order valence-electron chi connectivity index (χ0n) is 15.9. The molecule has 2 aromatic carbocycles. The predicted molar refractivity (Wildman–Crippen MR) is 108 cm³/mol. The number of piperidine rings is 1. The van der Waals surface area contributed by atoms with E-state index in [1.54, 1.807) is 0 Å². The Kier molecular flexibility index (Phi) is 5.85. The summed E-state index contributed by atoms with van der Waals surface area (Å²) in [7, 11) is 0. The van der Waals surface area contributed by atoms with Crippen LogP contribution in [0.2, 0.25) is 0 Å². The summed E-state index contributed by atoms with van der Waals surface area (Å²) >= 11 is 1.81. The number of halogens is 2. The van der Waals surface area contributed by atoms with Gasteiger partial charge in [0.05, 0.1) is 11.6 Å². The van der Waals surface area contributed by atoms with Crippen LogP contribution in [0.15, 0.2) is 47.4 Å². The monoisotopic (exact) mass is 416 g/mol. The molecule has 4 nitrogen and oxygen atoms in total. The van der Waals surface area contributed by atoms with E-state index in [1.807, 2.05) is 23.9 Å². The van der Waals surface area contributed by atoms with Gasteiger partial charge >= 0.3 is 0 Å². The first-order chi connectivity index (χ1) is 14.0. The molecule has 2 heterocycles. The minimum absolute atomic E-state index is 0.0109. The third-order valence-corrected chi connectivity index (χ3v) is 6.71. The molecule has 0 bridgehead atoms. The number of rotatable bonds is 3. The Morgan fingerprint density at radius 3 is 2.55 bits per heavy atom. The quantitative estimate of drug-likeness (QED) is 0.817. The molecule has 4 rings (SSSR count). The van der Waals surface area contributed by atoms with Crippen LogP contribution in [0.25, 0.3) is 0 Å². The molecule has 29 heavy (non-hydrogen) atoms. The molecule has 0 unspecified atom stereocenters. The highest BCUT2D eigenvalue weighted by atomic mass is 32.2. The van der Waals surface area contributed by atoms with Crippen LogP contribution in [0, 0.1) is 17.6 Å². The van der Waals surface area contributed by atoms with Crippen LogP contribution in [-0.4, -0.2) is 35.6 Å². The van der Waals surface area contributed by atoms with E-state index in [0.717, 1.165) is 23.8 Å². The lowest BCUT2D eigenvalue weighted by atomic mass is 9.94. The third kappa shape index (κ3) is 4.29. The van der Waals surface area contributed by atoms with Crippen molar-refractivity contribution in [3.63, 3.8) is 0 Å². The molecule has 0 radical (unpaired) electrons. The number of amides is 2. The van der Waals surface area contributed by atoms with Crippen molar-refractivity contribution in [3.05, 3.63) is 65.2 Å². The Labute approximate surface area is 172 Å². The van der Waals surface area contributed by atoms with Crippen molar-refractivity contribution >= 4 is 23.6 Å². The number of nitrogens with zero attached hydrogens (tertiary/aromatic N) is 1. The van der Waals surface area contributed by atoms with E-state index in [4.69, 9.17) is 0 Å². The number of hydrogen-bond acceptors (Lipinski definition) is 3. The Hall–Kier alpha value is -2.41. The molecule has 152 valence electrons. The van der Waals surface area contributed by atoms with Crippen molar-refractivity contribution in [3.8, 4) is 0 Å². The summed E-state index contributed by atoms with van der Waals surface area (Å²) in [5.74, 6) is -1.21. The molecule has 7 heteroatoms. The average molecular weight is 416 g/mol. The van der Waals surface area contributed by atoms with Crippen LogP contribution in [0.4, 0.5) is 8.78 Å². The van der Waals surface area contributed by atoms with Crippen LogP contribution in [0.1, 0.15) is 41.2 Å². The second-order valence-corrected chi connectivity index (χ2v) is 8.56. The average Bonchev–Trinajstić information content (AvgIpc) is 2.74. The van der Waals surface area contributed by atoms with Gasteiger partial charge in [0.25, 0.3) is 5.91 Å². The maximum atomic E-state index is 13.9. The summed E-state index contributed by atoms with van der Waals surface area (Å²) in [6, 6.07) is 11.1.